The minimum atomic E-state index is 0.404. The van der Waals surface area contributed by atoms with Crippen LogP contribution < -0.4 is 0 Å². The maximum atomic E-state index is 4.11. The van der Waals surface area contributed by atoms with Gasteiger partial charge in [-0.15, -0.1) is 6.58 Å². The highest BCUT2D eigenvalue weighted by atomic mass is 14.3. The topological polar surface area (TPSA) is 0 Å². The standard InChI is InChI=1S/C22H20/c1-2-16(22-14-13-18-8-4-6-10-21(18)22)15-19-12-11-17-7-3-5-9-20(17)19/h2-10,12,14,16H,1,11,13,15H2. The molecule has 0 fully saturated rings. The van der Waals surface area contributed by atoms with Gasteiger partial charge in [-0.1, -0.05) is 66.8 Å². The average molecular weight is 284 g/mol. The second-order valence-corrected chi connectivity index (χ2v) is 6.16. The lowest BCUT2D eigenvalue weighted by molar-refractivity contribution is 0.872. The summed E-state index contributed by atoms with van der Waals surface area (Å²) in [4.78, 5) is 0. The van der Waals surface area contributed by atoms with Gasteiger partial charge in [-0.25, -0.2) is 0 Å². The Labute approximate surface area is 132 Å². The highest BCUT2D eigenvalue weighted by Gasteiger charge is 2.23. The molecule has 0 amide bonds. The average Bonchev–Trinajstić information content (AvgIpc) is 3.17. The van der Waals surface area contributed by atoms with E-state index in [2.05, 4.69) is 73.3 Å². The third kappa shape index (κ3) is 2.16. The summed E-state index contributed by atoms with van der Waals surface area (Å²) in [6.45, 7) is 4.11. The van der Waals surface area contributed by atoms with E-state index in [1.54, 1.807) is 0 Å². The SMILES string of the molecule is C=CC(CC1=CCc2ccccc21)C1=CCc2ccccc21. The van der Waals surface area contributed by atoms with E-state index in [4.69, 9.17) is 0 Å². The van der Waals surface area contributed by atoms with Crippen LogP contribution >= 0.6 is 0 Å². The Bertz CT molecular complexity index is 789. The van der Waals surface area contributed by atoms with Crippen LogP contribution in [-0.2, 0) is 12.8 Å². The maximum Gasteiger partial charge on any atom is 0.00588 e. The van der Waals surface area contributed by atoms with Gasteiger partial charge in [0.25, 0.3) is 0 Å². The molecule has 2 aromatic rings. The van der Waals surface area contributed by atoms with Crippen LogP contribution in [0.1, 0.15) is 28.7 Å². The fourth-order valence-corrected chi connectivity index (χ4v) is 3.77. The van der Waals surface area contributed by atoms with Gasteiger partial charge >= 0.3 is 0 Å². The van der Waals surface area contributed by atoms with E-state index in [0.717, 1.165) is 19.3 Å². The van der Waals surface area contributed by atoms with Gasteiger partial charge in [0.15, 0.2) is 0 Å². The smallest absolute Gasteiger partial charge is 0.00588 e. The van der Waals surface area contributed by atoms with Gasteiger partial charge in [0, 0.05) is 5.92 Å². The van der Waals surface area contributed by atoms with Crippen LogP contribution in [0.5, 0.6) is 0 Å². The summed E-state index contributed by atoms with van der Waals surface area (Å²) in [5.41, 5.74) is 8.69. The summed E-state index contributed by atoms with van der Waals surface area (Å²) < 4.78 is 0. The molecule has 0 bridgehead atoms. The van der Waals surface area contributed by atoms with E-state index in [1.807, 2.05) is 0 Å². The summed E-state index contributed by atoms with van der Waals surface area (Å²) in [7, 11) is 0. The van der Waals surface area contributed by atoms with Crippen molar-refractivity contribution in [3.05, 3.63) is 95.6 Å². The van der Waals surface area contributed by atoms with Crippen molar-refractivity contribution < 1.29 is 0 Å². The summed E-state index contributed by atoms with van der Waals surface area (Å²) in [5, 5.41) is 0. The second-order valence-electron chi connectivity index (χ2n) is 6.16. The minimum Gasteiger partial charge on any atom is -0.102 e. The fraction of sp³-hybridized carbons (Fsp3) is 0.182. The maximum absolute atomic E-state index is 4.11. The van der Waals surface area contributed by atoms with Gasteiger partial charge in [-0.2, -0.15) is 0 Å². The zero-order valence-corrected chi connectivity index (χ0v) is 12.8. The fourth-order valence-electron chi connectivity index (χ4n) is 3.77. The van der Waals surface area contributed by atoms with Gasteiger partial charge in [0.1, 0.15) is 0 Å². The van der Waals surface area contributed by atoms with Crippen LogP contribution in [0, 0.1) is 5.92 Å². The molecule has 0 saturated carbocycles. The first kappa shape index (κ1) is 13.3. The van der Waals surface area contributed by atoms with Crippen molar-refractivity contribution >= 4 is 11.1 Å². The summed E-state index contributed by atoms with van der Waals surface area (Å²) in [6.07, 6.45) is 10.1. The van der Waals surface area contributed by atoms with E-state index < -0.39 is 0 Å². The lowest BCUT2D eigenvalue weighted by atomic mass is 9.87. The summed E-state index contributed by atoms with van der Waals surface area (Å²) in [5.74, 6) is 0.404. The number of hydrogen-bond donors (Lipinski definition) is 0. The predicted octanol–water partition coefficient (Wildman–Crippen LogP) is 5.46. The third-order valence-corrected chi connectivity index (χ3v) is 4.93. The van der Waals surface area contributed by atoms with Crippen LogP contribution in [0.2, 0.25) is 0 Å². The Balaban J connectivity index is 1.62. The summed E-state index contributed by atoms with van der Waals surface area (Å²) >= 11 is 0. The van der Waals surface area contributed by atoms with Gasteiger partial charge in [0.05, 0.1) is 0 Å². The monoisotopic (exact) mass is 284 g/mol. The number of rotatable bonds is 4. The van der Waals surface area contributed by atoms with Gasteiger partial charge in [-0.05, 0) is 52.7 Å². The first-order valence-corrected chi connectivity index (χ1v) is 8.05. The van der Waals surface area contributed by atoms with Gasteiger partial charge in [-0.3, -0.25) is 0 Å². The van der Waals surface area contributed by atoms with Crippen LogP contribution in [0.15, 0.2) is 73.3 Å². The molecule has 22 heavy (non-hydrogen) atoms. The van der Waals surface area contributed by atoms with Crippen molar-refractivity contribution in [1.82, 2.24) is 0 Å². The number of hydrogen-bond acceptors (Lipinski definition) is 0. The zero-order valence-electron chi connectivity index (χ0n) is 12.8. The van der Waals surface area contributed by atoms with Crippen molar-refractivity contribution in [3.8, 4) is 0 Å². The molecular formula is C22H20. The third-order valence-electron chi connectivity index (χ3n) is 4.93. The van der Waals surface area contributed by atoms with Crippen molar-refractivity contribution in [2.45, 2.75) is 19.3 Å². The van der Waals surface area contributed by atoms with E-state index in [9.17, 15) is 0 Å². The molecule has 0 nitrogen and oxygen atoms in total. The number of benzene rings is 2. The molecule has 1 atom stereocenters. The minimum absolute atomic E-state index is 0.404. The molecule has 0 radical (unpaired) electrons. The van der Waals surface area contributed by atoms with Crippen molar-refractivity contribution in [3.63, 3.8) is 0 Å². The van der Waals surface area contributed by atoms with E-state index in [1.165, 1.54) is 33.4 Å². The molecule has 2 aliphatic carbocycles. The lowest BCUT2D eigenvalue weighted by Crippen LogP contribution is -2.00. The van der Waals surface area contributed by atoms with Crippen LogP contribution in [0.4, 0.5) is 0 Å². The molecule has 1 unspecified atom stereocenters. The Morgan fingerprint density at radius 2 is 1.50 bits per heavy atom. The van der Waals surface area contributed by atoms with Gasteiger partial charge < -0.3 is 0 Å². The normalized spacial score (nSPS) is 16.5. The molecule has 2 aliphatic rings. The Kier molecular flexibility index (Phi) is 3.31. The van der Waals surface area contributed by atoms with E-state index >= 15 is 0 Å². The molecule has 0 saturated heterocycles. The Hall–Kier alpha value is -2.34. The lowest BCUT2D eigenvalue weighted by Gasteiger charge is -2.17. The van der Waals surface area contributed by atoms with Crippen molar-refractivity contribution in [2.75, 3.05) is 0 Å². The molecule has 4 rings (SSSR count). The molecule has 0 spiro atoms. The van der Waals surface area contributed by atoms with Crippen LogP contribution in [0.3, 0.4) is 0 Å². The number of allylic oxidation sites excluding steroid dienone is 5. The molecule has 2 aromatic carbocycles. The quantitative estimate of drug-likeness (QED) is 0.654. The molecule has 0 heteroatoms. The van der Waals surface area contributed by atoms with E-state index in [0.29, 0.717) is 5.92 Å². The van der Waals surface area contributed by atoms with Crippen LogP contribution in [0.25, 0.3) is 11.1 Å². The number of fused-ring (bicyclic) bond motifs is 2. The first-order valence-electron chi connectivity index (χ1n) is 8.05. The predicted molar refractivity (Wildman–Crippen MR) is 94.6 cm³/mol. The molecule has 0 heterocycles. The largest absolute Gasteiger partial charge is 0.102 e. The second kappa shape index (κ2) is 5.46. The highest BCUT2D eigenvalue weighted by molar-refractivity contribution is 5.80. The highest BCUT2D eigenvalue weighted by Crippen LogP contribution is 2.40. The Morgan fingerprint density at radius 1 is 0.864 bits per heavy atom. The zero-order chi connectivity index (χ0) is 14.9. The Morgan fingerprint density at radius 3 is 2.27 bits per heavy atom. The van der Waals surface area contributed by atoms with Gasteiger partial charge in [0.2, 0.25) is 0 Å². The summed E-state index contributed by atoms with van der Waals surface area (Å²) in [6, 6.07) is 17.5. The molecule has 0 N–H and O–H groups in total. The molecule has 0 aromatic heterocycles. The van der Waals surface area contributed by atoms with E-state index in [-0.39, 0.29) is 0 Å². The molecule has 108 valence electrons. The van der Waals surface area contributed by atoms with Crippen molar-refractivity contribution in [1.29, 1.82) is 0 Å². The molecule has 0 aliphatic heterocycles. The first-order chi connectivity index (χ1) is 10.9. The molecular weight excluding hydrogens is 264 g/mol. The van der Waals surface area contributed by atoms with Crippen LogP contribution in [-0.4, -0.2) is 0 Å². The van der Waals surface area contributed by atoms with Crippen molar-refractivity contribution in [2.24, 2.45) is 5.92 Å².